The molecule has 1 fully saturated rings. The summed E-state index contributed by atoms with van der Waals surface area (Å²) in [6.45, 7) is 4.35. The van der Waals surface area contributed by atoms with Crippen molar-refractivity contribution >= 4 is 16.9 Å². The molecule has 2 atom stereocenters. The summed E-state index contributed by atoms with van der Waals surface area (Å²) in [5.41, 5.74) is 0.919. The van der Waals surface area contributed by atoms with Gasteiger partial charge in [-0.3, -0.25) is 0 Å². The Balaban J connectivity index is 2.05. The van der Waals surface area contributed by atoms with Crippen LogP contribution in [0.3, 0.4) is 0 Å². The lowest BCUT2D eigenvalue weighted by Crippen LogP contribution is -2.34. The van der Waals surface area contributed by atoms with Crippen LogP contribution in [0.2, 0.25) is 0 Å². The second kappa shape index (κ2) is 4.57. The Morgan fingerprint density at radius 1 is 1.39 bits per heavy atom. The summed E-state index contributed by atoms with van der Waals surface area (Å²) in [5, 5.41) is 7.64. The molecular formula is C13H19N5. The van der Waals surface area contributed by atoms with Crippen molar-refractivity contribution in [2.24, 2.45) is 5.92 Å². The van der Waals surface area contributed by atoms with Gasteiger partial charge in [-0.25, -0.2) is 9.97 Å². The number of hydrogen-bond donors (Lipinski definition) is 3. The number of anilines is 1. The van der Waals surface area contributed by atoms with E-state index in [1.54, 1.807) is 0 Å². The number of nitrogens with zero attached hydrogens (tertiary/aromatic N) is 2. The van der Waals surface area contributed by atoms with Crippen molar-refractivity contribution < 1.29 is 0 Å². The maximum atomic E-state index is 4.68. The van der Waals surface area contributed by atoms with Crippen LogP contribution in [0, 0.1) is 5.92 Å². The molecule has 0 saturated carbocycles. The van der Waals surface area contributed by atoms with E-state index in [2.05, 4.69) is 32.5 Å². The fourth-order valence-corrected chi connectivity index (χ4v) is 2.65. The third-order valence-corrected chi connectivity index (χ3v) is 3.83. The van der Waals surface area contributed by atoms with Gasteiger partial charge in [0.15, 0.2) is 0 Å². The van der Waals surface area contributed by atoms with Gasteiger partial charge in [0.2, 0.25) is 0 Å². The summed E-state index contributed by atoms with van der Waals surface area (Å²) in [6, 6.07) is 2.01. The zero-order valence-corrected chi connectivity index (χ0v) is 10.8. The van der Waals surface area contributed by atoms with Crippen molar-refractivity contribution in [3.05, 3.63) is 18.1 Å². The fourth-order valence-electron chi connectivity index (χ4n) is 2.65. The quantitative estimate of drug-likeness (QED) is 0.753. The maximum Gasteiger partial charge on any atom is 0.143 e. The number of nitrogens with one attached hydrogen (secondary N) is 3. The third kappa shape index (κ3) is 1.84. The Morgan fingerprint density at radius 2 is 2.28 bits per heavy atom. The van der Waals surface area contributed by atoms with Crippen LogP contribution in [0.25, 0.3) is 11.0 Å². The summed E-state index contributed by atoms with van der Waals surface area (Å²) in [5.74, 6) is 2.88. The standard InChI is InChI=1S/C13H19N5/c1-8-3-5-15-7-10(8)13-17-11(14-2)9-4-6-16-12(9)18-13/h4,6,8,10,15H,3,5,7H2,1-2H3,(H2,14,16,17,18)/t8-,10-/m0/s1. The van der Waals surface area contributed by atoms with Crippen LogP contribution in [-0.2, 0) is 0 Å². The van der Waals surface area contributed by atoms with Crippen LogP contribution in [0.4, 0.5) is 5.82 Å². The molecule has 5 heteroatoms. The maximum absolute atomic E-state index is 4.68. The number of aromatic nitrogens is 3. The van der Waals surface area contributed by atoms with Crippen molar-refractivity contribution in [2.75, 3.05) is 25.5 Å². The van der Waals surface area contributed by atoms with E-state index < -0.39 is 0 Å². The van der Waals surface area contributed by atoms with Gasteiger partial charge >= 0.3 is 0 Å². The van der Waals surface area contributed by atoms with Gasteiger partial charge in [-0.05, 0) is 24.9 Å². The Bertz CT molecular complexity index is 547. The van der Waals surface area contributed by atoms with Crippen LogP contribution in [-0.4, -0.2) is 35.1 Å². The average Bonchev–Trinajstić information content (AvgIpc) is 2.86. The minimum absolute atomic E-state index is 0.401. The minimum atomic E-state index is 0.401. The first-order valence-corrected chi connectivity index (χ1v) is 6.53. The molecule has 0 aromatic carbocycles. The predicted molar refractivity (Wildman–Crippen MR) is 72.8 cm³/mol. The van der Waals surface area contributed by atoms with E-state index in [1.165, 1.54) is 6.42 Å². The fraction of sp³-hybridized carbons (Fsp3) is 0.538. The number of rotatable bonds is 2. The van der Waals surface area contributed by atoms with E-state index in [4.69, 9.17) is 0 Å². The molecule has 1 aliphatic rings. The smallest absolute Gasteiger partial charge is 0.143 e. The normalized spacial score (nSPS) is 24.3. The lowest BCUT2D eigenvalue weighted by molar-refractivity contribution is 0.338. The Kier molecular flexibility index (Phi) is 2.91. The van der Waals surface area contributed by atoms with E-state index in [-0.39, 0.29) is 0 Å². The highest BCUT2D eigenvalue weighted by Gasteiger charge is 2.26. The summed E-state index contributed by atoms with van der Waals surface area (Å²) in [7, 11) is 1.90. The van der Waals surface area contributed by atoms with Gasteiger partial charge in [0.05, 0.1) is 5.39 Å². The van der Waals surface area contributed by atoms with Crippen molar-refractivity contribution in [3.63, 3.8) is 0 Å². The Hall–Kier alpha value is -1.62. The van der Waals surface area contributed by atoms with Gasteiger partial charge in [0, 0.05) is 25.7 Å². The van der Waals surface area contributed by atoms with Gasteiger partial charge < -0.3 is 15.6 Å². The van der Waals surface area contributed by atoms with Crippen LogP contribution >= 0.6 is 0 Å². The van der Waals surface area contributed by atoms with Crippen LogP contribution in [0.1, 0.15) is 25.1 Å². The molecule has 0 radical (unpaired) electrons. The number of aromatic amines is 1. The summed E-state index contributed by atoms with van der Waals surface area (Å²) in [6.07, 6.45) is 3.10. The summed E-state index contributed by atoms with van der Waals surface area (Å²) < 4.78 is 0. The molecule has 18 heavy (non-hydrogen) atoms. The van der Waals surface area contributed by atoms with Gasteiger partial charge in [-0.1, -0.05) is 6.92 Å². The van der Waals surface area contributed by atoms with Crippen molar-refractivity contribution in [3.8, 4) is 0 Å². The molecule has 3 rings (SSSR count). The summed E-state index contributed by atoms with van der Waals surface area (Å²) >= 11 is 0. The van der Waals surface area contributed by atoms with Crippen LogP contribution in [0.15, 0.2) is 12.3 Å². The Labute approximate surface area is 106 Å². The zero-order valence-electron chi connectivity index (χ0n) is 10.8. The molecule has 5 nitrogen and oxygen atoms in total. The summed E-state index contributed by atoms with van der Waals surface area (Å²) in [4.78, 5) is 12.5. The van der Waals surface area contributed by atoms with Gasteiger partial charge in [0.25, 0.3) is 0 Å². The molecule has 3 N–H and O–H groups in total. The SMILES string of the molecule is CNc1nc([C@H]2CNCC[C@@H]2C)nc2[nH]ccc12. The number of piperidine rings is 1. The lowest BCUT2D eigenvalue weighted by Gasteiger charge is -2.28. The molecule has 0 amide bonds. The largest absolute Gasteiger partial charge is 0.372 e. The zero-order chi connectivity index (χ0) is 12.5. The minimum Gasteiger partial charge on any atom is -0.372 e. The van der Waals surface area contributed by atoms with E-state index in [0.717, 1.165) is 35.8 Å². The predicted octanol–water partition coefficient (Wildman–Crippen LogP) is 1.71. The molecule has 0 unspecified atom stereocenters. The van der Waals surface area contributed by atoms with Crippen LogP contribution in [0.5, 0.6) is 0 Å². The Morgan fingerprint density at radius 3 is 3.06 bits per heavy atom. The topological polar surface area (TPSA) is 65.6 Å². The van der Waals surface area contributed by atoms with Crippen molar-refractivity contribution in [1.29, 1.82) is 0 Å². The number of fused-ring (bicyclic) bond motifs is 1. The van der Waals surface area contributed by atoms with Crippen LogP contribution < -0.4 is 10.6 Å². The van der Waals surface area contributed by atoms with E-state index >= 15 is 0 Å². The van der Waals surface area contributed by atoms with Gasteiger partial charge in [-0.15, -0.1) is 0 Å². The highest BCUT2D eigenvalue weighted by Crippen LogP contribution is 2.29. The second-order valence-corrected chi connectivity index (χ2v) is 5.00. The highest BCUT2D eigenvalue weighted by molar-refractivity contribution is 5.86. The monoisotopic (exact) mass is 245 g/mol. The third-order valence-electron chi connectivity index (χ3n) is 3.83. The first-order valence-electron chi connectivity index (χ1n) is 6.53. The molecule has 2 aromatic heterocycles. The second-order valence-electron chi connectivity index (χ2n) is 5.00. The molecule has 1 saturated heterocycles. The number of hydrogen-bond acceptors (Lipinski definition) is 4. The lowest BCUT2D eigenvalue weighted by atomic mass is 9.87. The highest BCUT2D eigenvalue weighted by atomic mass is 15.1. The first kappa shape index (κ1) is 11.5. The van der Waals surface area contributed by atoms with E-state index in [0.29, 0.717) is 11.8 Å². The number of H-pyrrole nitrogens is 1. The van der Waals surface area contributed by atoms with Crippen molar-refractivity contribution in [2.45, 2.75) is 19.3 Å². The van der Waals surface area contributed by atoms with Crippen molar-refractivity contribution in [1.82, 2.24) is 20.3 Å². The molecule has 1 aliphatic heterocycles. The van der Waals surface area contributed by atoms with E-state index in [9.17, 15) is 0 Å². The molecule has 0 bridgehead atoms. The van der Waals surface area contributed by atoms with E-state index in [1.807, 2.05) is 19.3 Å². The molecule has 2 aromatic rings. The van der Waals surface area contributed by atoms with Gasteiger partial charge in [-0.2, -0.15) is 0 Å². The first-order chi connectivity index (χ1) is 8.79. The van der Waals surface area contributed by atoms with Gasteiger partial charge in [0.1, 0.15) is 17.3 Å². The molecule has 96 valence electrons. The molecule has 0 aliphatic carbocycles. The molecule has 3 heterocycles. The average molecular weight is 245 g/mol. The molecular weight excluding hydrogens is 226 g/mol. The molecule has 0 spiro atoms.